The molecule has 1 atom stereocenters. The van der Waals surface area contributed by atoms with Crippen molar-refractivity contribution in [3.05, 3.63) is 5.84 Å². The molecule has 9 heteroatoms. The quantitative estimate of drug-likeness (QED) is 0.262. The molecule has 0 aromatic heterocycles. The zero-order valence-electron chi connectivity index (χ0n) is 9.74. The summed E-state index contributed by atoms with van der Waals surface area (Å²) < 4.78 is 5.13. The molecule has 0 spiro atoms. The molecule has 0 fully saturated rings. The largest absolute Gasteiger partial charge is 0.608 e. The third kappa shape index (κ3) is 10.5. The number of nitrogens with one attached hydrogen (secondary N) is 1. The van der Waals surface area contributed by atoms with Crippen LogP contribution in [0.5, 0.6) is 0 Å². The molecule has 0 heterocycles. The standard InChI is InChI=1S/C8H15N6O3/c1-4-11-13-16-6-8(17-12-10-2)5-15-7-14(3)9/h1,8-9H,5-7H2,2-3H3/q-1. The second-order valence-corrected chi connectivity index (χ2v) is 2.81. The van der Waals surface area contributed by atoms with Gasteiger partial charge in [-0.15, -0.1) is 0 Å². The molecule has 0 rings (SSSR count). The van der Waals surface area contributed by atoms with Crippen molar-refractivity contribution < 1.29 is 14.4 Å². The molecule has 1 unspecified atom stereocenters. The van der Waals surface area contributed by atoms with Crippen molar-refractivity contribution in [2.75, 3.05) is 34.0 Å². The minimum atomic E-state index is -0.504. The SMILES string of the molecule is C#CN=NOCC(COCN(C)[NH-])ON=NC. The van der Waals surface area contributed by atoms with Gasteiger partial charge in [-0.05, 0) is 7.05 Å². The summed E-state index contributed by atoms with van der Waals surface area (Å²) in [6, 6.07) is 1.93. The lowest BCUT2D eigenvalue weighted by atomic mass is 10.4. The summed E-state index contributed by atoms with van der Waals surface area (Å²) >= 11 is 0. The summed E-state index contributed by atoms with van der Waals surface area (Å²) in [5.74, 6) is 7.09. The molecule has 0 bridgehead atoms. The number of hydrogen-bond donors (Lipinski definition) is 0. The molecule has 0 saturated carbocycles. The maximum Gasteiger partial charge on any atom is 0.188 e. The van der Waals surface area contributed by atoms with Crippen LogP contribution in [0.25, 0.3) is 5.84 Å². The van der Waals surface area contributed by atoms with Gasteiger partial charge in [-0.2, -0.15) is 5.11 Å². The second kappa shape index (κ2) is 10.7. The zero-order valence-corrected chi connectivity index (χ0v) is 9.74. The Balaban J connectivity index is 3.87. The maximum atomic E-state index is 7.09. The molecule has 17 heavy (non-hydrogen) atoms. The second-order valence-electron chi connectivity index (χ2n) is 2.81. The Morgan fingerprint density at radius 1 is 1.41 bits per heavy atom. The van der Waals surface area contributed by atoms with Crippen LogP contribution < -0.4 is 0 Å². The highest BCUT2D eigenvalue weighted by atomic mass is 16.7. The van der Waals surface area contributed by atoms with Crippen LogP contribution in [0.3, 0.4) is 0 Å². The third-order valence-corrected chi connectivity index (χ3v) is 1.28. The Kier molecular flexibility index (Phi) is 9.64. The topological polar surface area (TPSA) is 104 Å². The number of hydrogen-bond acceptors (Lipinski definition) is 8. The molecule has 1 N–H and O–H groups in total. The van der Waals surface area contributed by atoms with E-state index >= 15 is 0 Å². The molecule has 0 saturated heterocycles. The van der Waals surface area contributed by atoms with E-state index in [0.29, 0.717) is 0 Å². The van der Waals surface area contributed by atoms with E-state index in [1.165, 1.54) is 7.05 Å². The molecule has 0 aromatic carbocycles. The van der Waals surface area contributed by atoms with Gasteiger partial charge in [0.15, 0.2) is 12.7 Å². The molecule has 0 aliphatic heterocycles. The monoisotopic (exact) mass is 243 g/mol. The van der Waals surface area contributed by atoms with Gasteiger partial charge in [-0.3, -0.25) is 0 Å². The van der Waals surface area contributed by atoms with Gasteiger partial charge in [0, 0.05) is 10.6 Å². The van der Waals surface area contributed by atoms with Gasteiger partial charge in [0.25, 0.3) is 0 Å². The van der Waals surface area contributed by atoms with Crippen LogP contribution in [-0.2, 0) is 14.4 Å². The maximum absolute atomic E-state index is 7.09. The summed E-state index contributed by atoms with van der Waals surface area (Å²) in [6.07, 6.45) is 4.33. The van der Waals surface area contributed by atoms with Gasteiger partial charge in [0.05, 0.1) is 26.4 Å². The predicted molar refractivity (Wildman–Crippen MR) is 58.2 cm³/mol. The lowest BCUT2D eigenvalue weighted by Crippen LogP contribution is -2.25. The fourth-order valence-corrected chi connectivity index (χ4v) is 0.713. The average molecular weight is 243 g/mol. The first-order chi connectivity index (χ1) is 8.20. The Hall–Kier alpha value is -1.76. The van der Waals surface area contributed by atoms with Gasteiger partial charge in [0.2, 0.25) is 0 Å². The van der Waals surface area contributed by atoms with Crippen molar-refractivity contribution >= 4 is 0 Å². The van der Waals surface area contributed by atoms with Crippen LogP contribution in [0.15, 0.2) is 20.8 Å². The molecule has 0 aliphatic rings. The number of ether oxygens (including phenoxy) is 1. The molecular formula is C8H15N6O3-. The van der Waals surface area contributed by atoms with Gasteiger partial charge in [0.1, 0.15) is 0 Å². The highest BCUT2D eigenvalue weighted by molar-refractivity contribution is 4.76. The number of rotatable bonds is 9. The average Bonchev–Trinajstić information content (AvgIpc) is 2.30. The van der Waals surface area contributed by atoms with Crippen molar-refractivity contribution in [2.45, 2.75) is 6.10 Å². The Bertz CT molecular complexity index is 275. The van der Waals surface area contributed by atoms with E-state index in [9.17, 15) is 0 Å². The molecule has 0 radical (unpaired) electrons. The predicted octanol–water partition coefficient (Wildman–Crippen LogP) is 1.22. The fraction of sp³-hybridized carbons (Fsp3) is 0.750. The Morgan fingerprint density at radius 2 is 2.18 bits per heavy atom. The van der Waals surface area contributed by atoms with Crippen LogP contribution in [0.4, 0.5) is 0 Å². The van der Waals surface area contributed by atoms with Crippen LogP contribution in [0.1, 0.15) is 0 Å². The molecule has 0 aliphatic carbocycles. The van der Waals surface area contributed by atoms with Crippen LogP contribution in [0, 0.1) is 12.5 Å². The van der Waals surface area contributed by atoms with Gasteiger partial charge in [-0.25, -0.2) is 0 Å². The van der Waals surface area contributed by atoms with Crippen molar-refractivity contribution in [2.24, 2.45) is 20.8 Å². The van der Waals surface area contributed by atoms with Gasteiger partial charge < -0.3 is 25.3 Å². The van der Waals surface area contributed by atoms with E-state index in [0.717, 1.165) is 5.01 Å². The Morgan fingerprint density at radius 3 is 2.76 bits per heavy atom. The number of nitrogens with zero attached hydrogens (tertiary/aromatic N) is 5. The zero-order chi connectivity index (χ0) is 12.9. The van der Waals surface area contributed by atoms with Crippen molar-refractivity contribution in [3.8, 4) is 12.5 Å². The van der Waals surface area contributed by atoms with Gasteiger partial charge >= 0.3 is 0 Å². The first-order valence-electron chi connectivity index (χ1n) is 4.63. The summed E-state index contributed by atoms with van der Waals surface area (Å²) in [4.78, 5) is 9.67. The smallest absolute Gasteiger partial charge is 0.188 e. The van der Waals surface area contributed by atoms with Crippen LogP contribution in [-0.4, -0.2) is 45.2 Å². The highest BCUT2D eigenvalue weighted by Crippen LogP contribution is 1.98. The molecule has 0 amide bonds. The van der Waals surface area contributed by atoms with E-state index in [2.05, 4.69) is 20.8 Å². The van der Waals surface area contributed by atoms with Crippen LogP contribution >= 0.6 is 0 Å². The van der Waals surface area contributed by atoms with Crippen LogP contribution in [0.2, 0.25) is 0 Å². The third-order valence-electron chi connectivity index (χ3n) is 1.28. The molecule has 96 valence electrons. The van der Waals surface area contributed by atoms with Crippen molar-refractivity contribution in [1.29, 1.82) is 0 Å². The summed E-state index contributed by atoms with van der Waals surface area (Å²) in [5.41, 5.74) is 0. The summed E-state index contributed by atoms with van der Waals surface area (Å²) in [5, 5.41) is 14.3. The van der Waals surface area contributed by atoms with E-state index in [1.54, 1.807) is 7.05 Å². The van der Waals surface area contributed by atoms with E-state index in [1.807, 2.05) is 6.04 Å². The highest BCUT2D eigenvalue weighted by Gasteiger charge is 2.11. The lowest BCUT2D eigenvalue weighted by Gasteiger charge is -2.21. The van der Waals surface area contributed by atoms with E-state index in [-0.39, 0.29) is 19.9 Å². The normalized spacial score (nSPS) is 13.1. The molecule has 0 aromatic rings. The van der Waals surface area contributed by atoms with Crippen molar-refractivity contribution in [1.82, 2.24) is 5.01 Å². The molecule has 9 nitrogen and oxygen atoms in total. The van der Waals surface area contributed by atoms with E-state index < -0.39 is 6.10 Å². The minimum absolute atomic E-state index is 0.0614. The lowest BCUT2D eigenvalue weighted by molar-refractivity contribution is -0.0778. The fourth-order valence-electron chi connectivity index (χ4n) is 0.713. The van der Waals surface area contributed by atoms with Gasteiger partial charge in [-0.1, -0.05) is 11.5 Å². The van der Waals surface area contributed by atoms with Crippen molar-refractivity contribution in [3.63, 3.8) is 0 Å². The Labute approximate surface area is 99.5 Å². The van der Waals surface area contributed by atoms with E-state index in [4.69, 9.17) is 26.7 Å². The number of terminal acetylenes is 1. The first-order valence-corrected chi connectivity index (χ1v) is 4.63. The summed E-state index contributed by atoms with van der Waals surface area (Å²) in [6.45, 7) is 0.370. The summed E-state index contributed by atoms with van der Waals surface area (Å²) in [7, 11) is 3.02. The first kappa shape index (κ1) is 15.2. The molecular weight excluding hydrogens is 228 g/mol. The minimum Gasteiger partial charge on any atom is -0.608 e.